The lowest BCUT2D eigenvalue weighted by molar-refractivity contribution is -0.109. The van der Waals surface area contributed by atoms with Crippen LogP contribution in [0.1, 0.15) is 28.8 Å². The third-order valence-electron chi connectivity index (χ3n) is 6.92. The number of rotatable bonds is 12. The van der Waals surface area contributed by atoms with Gasteiger partial charge in [-0.05, 0) is 80.9 Å². The molecule has 1 aromatic heterocycles. The van der Waals surface area contributed by atoms with Crippen molar-refractivity contribution in [1.82, 2.24) is 20.1 Å². The Morgan fingerprint density at radius 1 is 1.23 bits per heavy atom. The largest absolute Gasteiger partial charge is 0.360 e. The second-order valence-electron chi connectivity index (χ2n) is 9.68. The minimum absolute atomic E-state index is 0.0140. The van der Waals surface area contributed by atoms with Gasteiger partial charge in [0.05, 0.1) is 5.56 Å². The number of nitrogens with one attached hydrogen (secondary N) is 4. The number of aromatic amines is 1. The van der Waals surface area contributed by atoms with Crippen LogP contribution < -0.4 is 16.2 Å². The van der Waals surface area contributed by atoms with Crippen LogP contribution in [0.4, 0.5) is 10.1 Å². The first-order valence-electron chi connectivity index (χ1n) is 12.8. The number of fused-ring (bicyclic) bond motifs is 1. The summed E-state index contributed by atoms with van der Waals surface area (Å²) >= 11 is 0. The number of hydrogen-bond donors (Lipinski definition) is 4. The van der Waals surface area contributed by atoms with Crippen molar-refractivity contribution in [2.45, 2.75) is 12.8 Å². The third-order valence-corrected chi connectivity index (χ3v) is 6.92. The van der Waals surface area contributed by atoms with E-state index in [1.54, 1.807) is 24.3 Å². The van der Waals surface area contributed by atoms with Gasteiger partial charge in [0.2, 0.25) is 6.41 Å². The Labute approximate surface area is 225 Å². The van der Waals surface area contributed by atoms with Gasteiger partial charge in [0.15, 0.2) is 0 Å². The summed E-state index contributed by atoms with van der Waals surface area (Å²) in [5.74, 6) is 0.00189. The minimum Gasteiger partial charge on any atom is -0.360 e. The summed E-state index contributed by atoms with van der Waals surface area (Å²) in [6, 6.07) is 12.5. The summed E-state index contributed by atoms with van der Waals surface area (Å²) in [6.07, 6.45) is 4.10. The molecule has 4 N–H and O–H groups in total. The van der Waals surface area contributed by atoms with Crippen LogP contribution in [0.5, 0.6) is 0 Å². The molecule has 204 valence electrons. The molecule has 0 spiro atoms. The zero-order valence-electron chi connectivity index (χ0n) is 21.7. The van der Waals surface area contributed by atoms with Crippen LogP contribution in [0.3, 0.4) is 0 Å². The summed E-state index contributed by atoms with van der Waals surface area (Å²) in [6.45, 7) is 3.77. The Balaban J connectivity index is 1.34. The number of carbonyl (C=O) groups is 2. The van der Waals surface area contributed by atoms with Crippen molar-refractivity contribution in [2.75, 3.05) is 45.1 Å². The Morgan fingerprint density at radius 3 is 2.77 bits per heavy atom. The van der Waals surface area contributed by atoms with Crippen LogP contribution >= 0.6 is 0 Å². The van der Waals surface area contributed by atoms with Crippen LogP contribution in [0, 0.1) is 17.3 Å². The summed E-state index contributed by atoms with van der Waals surface area (Å²) in [5, 5.41) is 9.63. The molecule has 1 aliphatic rings. The highest BCUT2D eigenvalue weighted by atomic mass is 19.1. The maximum Gasteiger partial charge on any atom is 0.258 e. The number of H-pyrrole nitrogens is 1. The van der Waals surface area contributed by atoms with Crippen LogP contribution in [-0.4, -0.2) is 66.9 Å². The van der Waals surface area contributed by atoms with E-state index in [1.165, 1.54) is 30.5 Å². The van der Waals surface area contributed by atoms with Gasteiger partial charge >= 0.3 is 0 Å². The predicted molar refractivity (Wildman–Crippen MR) is 148 cm³/mol. The fourth-order valence-electron chi connectivity index (χ4n) is 4.66. The fraction of sp³-hybridized carbons (Fsp3) is 0.321. The van der Waals surface area contributed by atoms with E-state index in [9.17, 15) is 18.8 Å². The van der Waals surface area contributed by atoms with Crippen molar-refractivity contribution in [1.29, 1.82) is 5.53 Å². The van der Waals surface area contributed by atoms with E-state index in [0.29, 0.717) is 41.0 Å². The van der Waals surface area contributed by atoms with Gasteiger partial charge in [-0.2, -0.15) is 5.11 Å². The molecule has 0 bridgehead atoms. The maximum atomic E-state index is 13.6. The highest BCUT2D eigenvalue weighted by Gasteiger charge is 2.26. The van der Waals surface area contributed by atoms with Gasteiger partial charge in [-0.1, -0.05) is 0 Å². The first kappa shape index (κ1) is 27.6. The molecule has 0 radical (unpaired) electrons. The number of anilines is 1. The number of pyridine rings is 1. The van der Waals surface area contributed by atoms with Gasteiger partial charge in [-0.25, -0.2) is 9.92 Å². The van der Waals surface area contributed by atoms with Gasteiger partial charge in [0.25, 0.3) is 11.5 Å². The van der Waals surface area contributed by atoms with E-state index in [4.69, 9.17) is 5.53 Å². The van der Waals surface area contributed by atoms with Crippen LogP contribution in [0.2, 0.25) is 0 Å². The van der Waals surface area contributed by atoms with Crippen molar-refractivity contribution in [3.05, 3.63) is 82.0 Å². The quantitative estimate of drug-likeness (QED) is 0.160. The Kier molecular flexibility index (Phi) is 9.16. The average Bonchev–Trinajstić information content (AvgIpc) is 3.42. The van der Waals surface area contributed by atoms with E-state index in [0.717, 1.165) is 39.0 Å². The summed E-state index contributed by atoms with van der Waals surface area (Å²) in [4.78, 5) is 42.6. The van der Waals surface area contributed by atoms with Gasteiger partial charge in [-0.3, -0.25) is 14.4 Å². The second-order valence-corrected chi connectivity index (χ2v) is 9.68. The minimum atomic E-state index is -0.440. The molecule has 11 heteroatoms. The number of carbonyl (C=O) groups excluding carboxylic acids is 2. The molecular weight excluding hydrogens is 501 g/mol. The van der Waals surface area contributed by atoms with Gasteiger partial charge in [0, 0.05) is 54.5 Å². The molecule has 1 aliphatic heterocycles. The molecule has 2 aromatic carbocycles. The molecule has 10 nitrogen and oxygen atoms in total. The molecule has 0 aliphatic carbocycles. The zero-order valence-corrected chi connectivity index (χ0v) is 21.7. The summed E-state index contributed by atoms with van der Waals surface area (Å²) < 4.78 is 13.6. The highest BCUT2D eigenvalue weighted by molar-refractivity contribution is 5.94. The molecular formula is C28H32FN7O3. The lowest BCUT2D eigenvalue weighted by atomic mass is 10.0. The average molecular weight is 534 g/mol. The van der Waals surface area contributed by atoms with E-state index < -0.39 is 11.4 Å². The van der Waals surface area contributed by atoms with Crippen molar-refractivity contribution in [3.63, 3.8) is 0 Å². The normalized spacial score (nSPS) is 15.5. The smallest absolute Gasteiger partial charge is 0.258 e. The number of halogens is 1. The zero-order chi connectivity index (χ0) is 27.8. The molecule has 1 unspecified atom stereocenters. The van der Waals surface area contributed by atoms with Crippen molar-refractivity contribution >= 4 is 34.6 Å². The first-order valence-corrected chi connectivity index (χ1v) is 12.8. The second kappa shape index (κ2) is 12.9. The number of aromatic nitrogens is 1. The Morgan fingerprint density at radius 2 is 2.03 bits per heavy atom. The molecule has 0 saturated carbocycles. The van der Waals surface area contributed by atoms with E-state index in [2.05, 4.69) is 25.6 Å². The summed E-state index contributed by atoms with van der Waals surface area (Å²) in [7, 11) is 2.03. The number of likely N-dealkylation sites (tertiary alicyclic amines) is 1. The van der Waals surface area contributed by atoms with Crippen LogP contribution in [0.15, 0.2) is 64.6 Å². The highest BCUT2D eigenvalue weighted by Crippen LogP contribution is 2.23. The van der Waals surface area contributed by atoms with Crippen molar-refractivity contribution < 1.29 is 14.0 Å². The Hall–Kier alpha value is -4.38. The number of amides is 2. The van der Waals surface area contributed by atoms with Gasteiger partial charge in [-0.15, -0.1) is 0 Å². The fourth-order valence-corrected chi connectivity index (χ4v) is 4.66. The first-order chi connectivity index (χ1) is 18.9. The number of benzene rings is 2. The molecule has 39 heavy (non-hydrogen) atoms. The maximum absolute atomic E-state index is 13.6. The van der Waals surface area contributed by atoms with E-state index >= 15 is 0 Å². The third kappa shape index (κ3) is 7.14. The van der Waals surface area contributed by atoms with Gasteiger partial charge < -0.3 is 25.4 Å². The number of nitrogens with zero attached hydrogens (tertiary/aromatic N) is 3. The standard InChI is InChI=1S/C28H32FN7O3/c1-35(13-10-31-18-37)11-8-19-9-12-36(17-19)28(39)20-2-5-23(6-3-20)32-16-26(34-30)24-15-21-14-22(29)4-7-25(21)33-27(24)38/h2-7,14-16,18-19,30,32H,8-13,17H2,1H3,(H,31,37)(H,33,38)/b26-16-,34-30?. The van der Waals surface area contributed by atoms with Gasteiger partial charge in [0.1, 0.15) is 11.5 Å². The lowest BCUT2D eigenvalue weighted by Gasteiger charge is -2.20. The van der Waals surface area contributed by atoms with E-state index in [-0.39, 0.29) is 17.2 Å². The molecule has 1 saturated heterocycles. The van der Waals surface area contributed by atoms with Crippen LogP contribution in [0.25, 0.3) is 16.6 Å². The molecule has 3 aromatic rings. The monoisotopic (exact) mass is 533 g/mol. The molecule has 1 atom stereocenters. The van der Waals surface area contributed by atoms with Crippen LogP contribution in [-0.2, 0) is 4.79 Å². The lowest BCUT2D eigenvalue weighted by Crippen LogP contribution is -2.31. The molecule has 2 amide bonds. The molecule has 4 rings (SSSR count). The molecule has 2 heterocycles. The van der Waals surface area contributed by atoms with E-state index in [1.807, 2.05) is 11.9 Å². The number of hydrogen-bond acceptors (Lipinski definition) is 7. The number of likely N-dealkylation sites (N-methyl/N-ethyl adjacent to an activating group) is 1. The SMILES string of the molecule is CN(CCNC=O)CCC1CCN(C(=O)c2ccc(N/C=C(\N=N)c3cc4cc(F)ccc4[nH]c3=O)cc2)C1. The predicted octanol–water partition coefficient (Wildman–Crippen LogP) is 3.64. The topological polar surface area (TPSA) is 134 Å². The molecule has 1 fully saturated rings. The van der Waals surface area contributed by atoms with Crippen molar-refractivity contribution in [3.8, 4) is 0 Å². The Bertz CT molecular complexity index is 1420. The van der Waals surface area contributed by atoms with Crippen molar-refractivity contribution in [2.24, 2.45) is 11.0 Å². The summed E-state index contributed by atoms with van der Waals surface area (Å²) in [5.41, 5.74) is 9.03.